The van der Waals surface area contributed by atoms with Crippen molar-refractivity contribution in [3.05, 3.63) is 23.8 Å². The van der Waals surface area contributed by atoms with Crippen LogP contribution in [0, 0.1) is 0 Å². The van der Waals surface area contributed by atoms with Crippen molar-refractivity contribution < 1.29 is 9.90 Å². The van der Waals surface area contributed by atoms with Gasteiger partial charge in [0, 0.05) is 6.04 Å². The van der Waals surface area contributed by atoms with Crippen LogP contribution in [0.2, 0.25) is 0 Å². The quantitative estimate of drug-likeness (QED) is 0.503. The number of phenols is 1. The number of benzene rings is 1. The highest BCUT2D eigenvalue weighted by Crippen LogP contribution is 2.25. The summed E-state index contributed by atoms with van der Waals surface area (Å²) in [7, 11) is 0. The van der Waals surface area contributed by atoms with E-state index in [2.05, 4.69) is 5.32 Å². The lowest BCUT2D eigenvalue weighted by Gasteiger charge is -2.26. The first-order valence-electron chi connectivity index (χ1n) is 5.07. The largest absolute Gasteiger partial charge is 0.505 e. The maximum absolute atomic E-state index is 11.7. The highest BCUT2D eigenvalue weighted by Gasteiger charge is 2.21. The Hall–Kier alpha value is -1.71. The van der Waals surface area contributed by atoms with E-state index in [9.17, 15) is 9.90 Å². The highest BCUT2D eigenvalue weighted by molar-refractivity contribution is 5.98. The van der Waals surface area contributed by atoms with Gasteiger partial charge in [0.15, 0.2) is 5.75 Å². The molecule has 4 nitrogen and oxygen atoms in total. The lowest BCUT2D eigenvalue weighted by atomic mass is 9.93. The molecule has 1 fully saturated rings. The predicted octanol–water partition coefficient (Wildman–Crippen LogP) is 1.26. The van der Waals surface area contributed by atoms with Gasteiger partial charge in [0.05, 0.1) is 11.3 Å². The van der Waals surface area contributed by atoms with Gasteiger partial charge in [-0.25, -0.2) is 0 Å². The molecule has 0 unspecified atom stereocenters. The van der Waals surface area contributed by atoms with E-state index < -0.39 is 0 Å². The molecule has 0 spiro atoms. The molecular formula is C11H14N2O2. The van der Waals surface area contributed by atoms with Crippen LogP contribution in [-0.2, 0) is 0 Å². The molecule has 2 rings (SSSR count). The minimum absolute atomic E-state index is 0.130. The fourth-order valence-electron chi connectivity index (χ4n) is 1.56. The summed E-state index contributed by atoms with van der Waals surface area (Å²) >= 11 is 0. The zero-order valence-corrected chi connectivity index (χ0v) is 8.36. The van der Waals surface area contributed by atoms with Gasteiger partial charge in [0.25, 0.3) is 5.91 Å². The first-order valence-corrected chi connectivity index (χ1v) is 5.07. The van der Waals surface area contributed by atoms with Crippen molar-refractivity contribution in [3.8, 4) is 5.75 Å². The third-order valence-electron chi connectivity index (χ3n) is 2.75. The number of rotatable bonds is 2. The molecule has 15 heavy (non-hydrogen) atoms. The Morgan fingerprint density at radius 3 is 2.80 bits per heavy atom. The number of nitrogens with two attached hydrogens (primary N) is 1. The van der Waals surface area contributed by atoms with Gasteiger partial charge < -0.3 is 16.2 Å². The van der Waals surface area contributed by atoms with Gasteiger partial charge in [-0.3, -0.25) is 4.79 Å². The highest BCUT2D eigenvalue weighted by atomic mass is 16.3. The van der Waals surface area contributed by atoms with E-state index in [1.807, 2.05) is 0 Å². The molecule has 0 saturated heterocycles. The molecule has 1 aliphatic carbocycles. The van der Waals surface area contributed by atoms with Crippen LogP contribution in [0.15, 0.2) is 18.2 Å². The van der Waals surface area contributed by atoms with Crippen molar-refractivity contribution in [2.45, 2.75) is 25.3 Å². The Morgan fingerprint density at radius 1 is 1.47 bits per heavy atom. The number of nitrogen functional groups attached to an aromatic ring is 1. The second-order valence-electron chi connectivity index (χ2n) is 3.84. The molecule has 1 saturated carbocycles. The van der Waals surface area contributed by atoms with Gasteiger partial charge in [-0.2, -0.15) is 0 Å². The average molecular weight is 206 g/mol. The van der Waals surface area contributed by atoms with E-state index in [0.29, 0.717) is 0 Å². The van der Waals surface area contributed by atoms with Crippen molar-refractivity contribution in [3.63, 3.8) is 0 Å². The van der Waals surface area contributed by atoms with E-state index in [-0.39, 0.29) is 28.9 Å². The summed E-state index contributed by atoms with van der Waals surface area (Å²) in [6.07, 6.45) is 3.21. The number of hydrogen-bond donors (Lipinski definition) is 3. The first kappa shape index (κ1) is 9.83. The van der Waals surface area contributed by atoms with Crippen molar-refractivity contribution in [1.29, 1.82) is 0 Å². The lowest BCUT2D eigenvalue weighted by molar-refractivity contribution is 0.0914. The summed E-state index contributed by atoms with van der Waals surface area (Å²) in [5, 5.41) is 12.4. The second-order valence-corrected chi connectivity index (χ2v) is 3.84. The predicted molar refractivity (Wildman–Crippen MR) is 57.6 cm³/mol. The summed E-state index contributed by atoms with van der Waals surface area (Å²) in [4.78, 5) is 11.7. The molecule has 4 heteroatoms. The molecule has 4 N–H and O–H groups in total. The molecule has 0 atom stereocenters. The molecule has 0 aromatic heterocycles. The number of nitrogens with one attached hydrogen (secondary N) is 1. The molecule has 0 bridgehead atoms. The summed E-state index contributed by atoms with van der Waals surface area (Å²) in [5.41, 5.74) is 5.99. The zero-order chi connectivity index (χ0) is 10.8. The van der Waals surface area contributed by atoms with Gasteiger partial charge in [-0.1, -0.05) is 6.07 Å². The van der Waals surface area contributed by atoms with Gasteiger partial charge in [0.1, 0.15) is 0 Å². The van der Waals surface area contributed by atoms with Crippen molar-refractivity contribution >= 4 is 11.6 Å². The Labute approximate surface area is 88.1 Å². The zero-order valence-electron chi connectivity index (χ0n) is 8.36. The number of carbonyl (C=O) groups excluding carboxylic acids is 1. The number of para-hydroxylation sites is 1. The maximum Gasteiger partial charge on any atom is 0.255 e. The van der Waals surface area contributed by atoms with Crippen LogP contribution in [-0.4, -0.2) is 17.1 Å². The van der Waals surface area contributed by atoms with Crippen LogP contribution in [0.1, 0.15) is 29.6 Å². The van der Waals surface area contributed by atoms with Crippen molar-refractivity contribution in [1.82, 2.24) is 5.32 Å². The SMILES string of the molecule is Nc1cccc(C(=O)NC2CCC2)c1O. The molecule has 1 aliphatic rings. The Morgan fingerprint density at radius 2 is 2.20 bits per heavy atom. The van der Waals surface area contributed by atoms with E-state index in [1.165, 1.54) is 0 Å². The molecule has 0 radical (unpaired) electrons. The summed E-state index contributed by atoms with van der Waals surface area (Å²) in [5.74, 6) is -0.376. The molecule has 0 heterocycles. The van der Waals surface area contributed by atoms with Crippen LogP contribution >= 0.6 is 0 Å². The van der Waals surface area contributed by atoms with Gasteiger partial charge >= 0.3 is 0 Å². The molecular weight excluding hydrogens is 192 g/mol. The third-order valence-corrected chi connectivity index (χ3v) is 2.75. The van der Waals surface area contributed by atoms with Crippen LogP contribution in [0.5, 0.6) is 5.75 Å². The van der Waals surface area contributed by atoms with Crippen molar-refractivity contribution in [2.75, 3.05) is 5.73 Å². The van der Waals surface area contributed by atoms with Gasteiger partial charge in [0.2, 0.25) is 0 Å². The smallest absolute Gasteiger partial charge is 0.255 e. The fraction of sp³-hybridized carbons (Fsp3) is 0.364. The van der Waals surface area contributed by atoms with Gasteiger partial charge in [-0.15, -0.1) is 0 Å². The first-order chi connectivity index (χ1) is 7.18. The Bertz CT molecular complexity index is 386. The molecule has 1 amide bonds. The van der Waals surface area contributed by atoms with E-state index in [4.69, 9.17) is 5.73 Å². The monoisotopic (exact) mass is 206 g/mol. The van der Waals surface area contributed by atoms with Crippen LogP contribution in [0.4, 0.5) is 5.69 Å². The van der Waals surface area contributed by atoms with E-state index in [1.54, 1.807) is 18.2 Å². The standard InChI is InChI=1S/C11H14N2O2/c12-9-6-2-5-8(10(9)14)11(15)13-7-3-1-4-7/h2,5-7,14H,1,3-4,12H2,(H,13,15). The number of carbonyl (C=O) groups is 1. The van der Waals surface area contributed by atoms with Crippen LogP contribution < -0.4 is 11.1 Å². The molecule has 80 valence electrons. The maximum atomic E-state index is 11.7. The minimum atomic E-state index is -0.246. The summed E-state index contributed by atoms with van der Waals surface area (Å²) < 4.78 is 0. The Kier molecular flexibility index (Phi) is 2.49. The second kappa shape index (κ2) is 3.81. The summed E-state index contributed by atoms with van der Waals surface area (Å²) in [6, 6.07) is 5.05. The number of phenolic OH excluding ortho intramolecular Hbond substituents is 1. The minimum Gasteiger partial charge on any atom is -0.505 e. The number of amides is 1. The van der Waals surface area contributed by atoms with E-state index in [0.717, 1.165) is 19.3 Å². The number of aromatic hydroxyl groups is 1. The fourth-order valence-corrected chi connectivity index (χ4v) is 1.56. The topological polar surface area (TPSA) is 75.4 Å². The van der Waals surface area contributed by atoms with Crippen LogP contribution in [0.25, 0.3) is 0 Å². The van der Waals surface area contributed by atoms with Gasteiger partial charge in [-0.05, 0) is 31.4 Å². The van der Waals surface area contributed by atoms with Crippen LogP contribution in [0.3, 0.4) is 0 Å². The number of hydrogen-bond acceptors (Lipinski definition) is 3. The van der Waals surface area contributed by atoms with E-state index >= 15 is 0 Å². The lowest BCUT2D eigenvalue weighted by Crippen LogP contribution is -2.39. The third kappa shape index (κ3) is 1.88. The summed E-state index contributed by atoms with van der Waals surface area (Å²) in [6.45, 7) is 0. The molecule has 1 aromatic rings. The Balaban J connectivity index is 2.13. The van der Waals surface area contributed by atoms with Crippen molar-refractivity contribution in [2.24, 2.45) is 0 Å². The normalized spacial score (nSPS) is 15.7. The number of anilines is 1. The molecule has 1 aromatic carbocycles. The average Bonchev–Trinajstić information content (AvgIpc) is 2.15. The molecule has 0 aliphatic heterocycles.